The molecule has 1 fully saturated rings. The normalized spacial score (nSPS) is 17.2. The molecule has 1 aliphatic carbocycles. The molecule has 3 nitrogen and oxygen atoms in total. The van der Waals surface area contributed by atoms with Gasteiger partial charge in [0.15, 0.2) is 0 Å². The van der Waals surface area contributed by atoms with E-state index in [1.807, 2.05) is 0 Å². The zero-order chi connectivity index (χ0) is 11.8. The van der Waals surface area contributed by atoms with Crippen molar-refractivity contribution in [1.82, 2.24) is 0 Å². The summed E-state index contributed by atoms with van der Waals surface area (Å²) < 4.78 is 0. The van der Waals surface area contributed by atoms with E-state index >= 15 is 0 Å². The molecule has 0 amide bonds. The van der Waals surface area contributed by atoms with Gasteiger partial charge in [-0.25, -0.2) is 0 Å². The molecule has 0 spiro atoms. The predicted octanol–water partition coefficient (Wildman–Crippen LogP) is 2.76. The predicted molar refractivity (Wildman–Crippen MR) is 68.1 cm³/mol. The van der Waals surface area contributed by atoms with Gasteiger partial charge in [0.05, 0.1) is 22.3 Å². The minimum Gasteiger partial charge on any atom is -0.399 e. The maximum atomic E-state index is 9.19. The Balaban J connectivity index is 2.09. The summed E-state index contributed by atoms with van der Waals surface area (Å²) >= 11 is 12.1. The smallest absolute Gasteiger partial charge is 0.0720 e. The zero-order valence-corrected chi connectivity index (χ0v) is 10.3. The van der Waals surface area contributed by atoms with Crippen LogP contribution in [0.2, 0.25) is 10.0 Å². The van der Waals surface area contributed by atoms with Gasteiger partial charge in [-0.3, -0.25) is 0 Å². The summed E-state index contributed by atoms with van der Waals surface area (Å²) in [6.07, 6.45) is 2.08. The lowest BCUT2D eigenvalue weighted by Crippen LogP contribution is -2.19. The van der Waals surface area contributed by atoms with E-state index in [0.717, 1.165) is 12.8 Å². The number of hydrogen-bond donors (Lipinski definition) is 3. The van der Waals surface area contributed by atoms with Crippen molar-refractivity contribution >= 4 is 34.6 Å². The minimum atomic E-state index is 0.0219. The van der Waals surface area contributed by atoms with Crippen LogP contribution < -0.4 is 11.1 Å². The number of nitrogen functional groups attached to an aromatic ring is 1. The molecule has 0 aliphatic heterocycles. The van der Waals surface area contributed by atoms with E-state index in [4.69, 9.17) is 28.9 Å². The molecule has 2 rings (SSSR count). The second kappa shape index (κ2) is 4.32. The Bertz CT molecular complexity index is 382. The van der Waals surface area contributed by atoms with Gasteiger partial charge in [0.1, 0.15) is 0 Å². The fourth-order valence-corrected chi connectivity index (χ4v) is 2.24. The van der Waals surface area contributed by atoms with Crippen LogP contribution in [-0.4, -0.2) is 18.3 Å². The number of nitrogens with one attached hydrogen (secondary N) is 1. The van der Waals surface area contributed by atoms with Gasteiger partial charge in [0, 0.05) is 17.6 Å². The highest BCUT2D eigenvalue weighted by molar-refractivity contribution is 6.39. The van der Waals surface area contributed by atoms with Crippen LogP contribution in [-0.2, 0) is 0 Å². The fourth-order valence-electron chi connectivity index (χ4n) is 1.61. The highest BCUT2D eigenvalue weighted by Crippen LogP contribution is 2.45. The van der Waals surface area contributed by atoms with Crippen LogP contribution >= 0.6 is 23.2 Å². The fraction of sp³-hybridized carbons (Fsp3) is 0.455. The van der Waals surface area contributed by atoms with Crippen LogP contribution in [0.3, 0.4) is 0 Å². The van der Waals surface area contributed by atoms with E-state index in [-0.39, 0.29) is 12.0 Å². The van der Waals surface area contributed by atoms with Crippen molar-refractivity contribution in [2.45, 2.75) is 12.8 Å². The highest BCUT2D eigenvalue weighted by Gasteiger charge is 2.41. The lowest BCUT2D eigenvalue weighted by Gasteiger charge is -2.16. The molecule has 5 heteroatoms. The molecule has 0 atom stereocenters. The molecule has 1 saturated carbocycles. The second-order valence-electron chi connectivity index (χ2n) is 4.37. The standard InChI is InChI=1S/C11H14Cl2N2O/c12-8-3-7(14)4-9(13)10(8)15-5-11(6-16)1-2-11/h3-4,15-16H,1-2,5-6,14H2. The third kappa shape index (κ3) is 2.37. The molecule has 1 aliphatic rings. The van der Waals surface area contributed by atoms with Crippen LogP contribution in [0.25, 0.3) is 0 Å². The lowest BCUT2D eigenvalue weighted by molar-refractivity contribution is 0.220. The number of benzene rings is 1. The average Bonchev–Trinajstić information content (AvgIpc) is 2.97. The number of rotatable bonds is 4. The number of hydrogen-bond acceptors (Lipinski definition) is 3. The summed E-state index contributed by atoms with van der Waals surface area (Å²) in [5.41, 5.74) is 6.87. The third-order valence-corrected chi connectivity index (χ3v) is 3.59. The SMILES string of the molecule is Nc1cc(Cl)c(NCC2(CO)CC2)c(Cl)c1. The molecule has 0 aromatic heterocycles. The largest absolute Gasteiger partial charge is 0.399 e. The summed E-state index contributed by atoms with van der Waals surface area (Å²) in [5.74, 6) is 0. The third-order valence-electron chi connectivity index (χ3n) is 3.00. The summed E-state index contributed by atoms with van der Waals surface area (Å²) in [6, 6.07) is 3.32. The monoisotopic (exact) mass is 260 g/mol. The van der Waals surface area contributed by atoms with Crippen LogP contribution in [0.15, 0.2) is 12.1 Å². The molecule has 4 N–H and O–H groups in total. The number of halogens is 2. The van der Waals surface area contributed by atoms with E-state index in [1.165, 1.54) is 0 Å². The van der Waals surface area contributed by atoms with E-state index in [1.54, 1.807) is 12.1 Å². The van der Waals surface area contributed by atoms with Crippen molar-refractivity contribution in [3.05, 3.63) is 22.2 Å². The minimum absolute atomic E-state index is 0.0219. The van der Waals surface area contributed by atoms with Crippen LogP contribution in [0.4, 0.5) is 11.4 Å². The number of nitrogens with two attached hydrogens (primary N) is 1. The first-order valence-corrected chi connectivity index (χ1v) is 5.91. The van der Waals surface area contributed by atoms with Crippen molar-refractivity contribution in [2.24, 2.45) is 5.41 Å². The molecule has 0 unspecified atom stereocenters. The maximum Gasteiger partial charge on any atom is 0.0720 e. The van der Waals surface area contributed by atoms with E-state index in [2.05, 4.69) is 5.32 Å². The Morgan fingerprint density at radius 1 is 1.31 bits per heavy atom. The molecular formula is C11H14Cl2N2O. The number of anilines is 2. The van der Waals surface area contributed by atoms with Crippen LogP contribution in [0.5, 0.6) is 0 Å². The molecule has 0 bridgehead atoms. The van der Waals surface area contributed by atoms with Crippen LogP contribution in [0.1, 0.15) is 12.8 Å². The first-order valence-electron chi connectivity index (χ1n) is 5.16. The Kier molecular flexibility index (Phi) is 3.19. The molecular weight excluding hydrogens is 247 g/mol. The van der Waals surface area contributed by atoms with Gasteiger partial charge in [-0.05, 0) is 25.0 Å². The first kappa shape index (κ1) is 11.8. The number of aliphatic hydroxyl groups is 1. The van der Waals surface area contributed by atoms with E-state index in [9.17, 15) is 5.11 Å². The first-order chi connectivity index (χ1) is 7.56. The van der Waals surface area contributed by atoms with Gasteiger partial charge >= 0.3 is 0 Å². The molecule has 0 radical (unpaired) electrons. The van der Waals surface area contributed by atoms with Gasteiger partial charge < -0.3 is 16.2 Å². The van der Waals surface area contributed by atoms with Gasteiger partial charge in [0.25, 0.3) is 0 Å². The Labute approximate surface area is 105 Å². The summed E-state index contributed by atoms with van der Waals surface area (Å²) in [4.78, 5) is 0. The molecule has 16 heavy (non-hydrogen) atoms. The molecule has 0 saturated heterocycles. The average molecular weight is 261 g/mol. The Morgan fingerprint density at radius 3 is 2.31 bits per heavy atom. The van der Waals surface area contributed by atoms with Gasteiger partial charge in [-0.15, -0.1) is 0 Å². The quantitative estimate of drug-likeness (QED) is 0.730. The zero-order valence-electron chi connectivity index (χ0n) is 8.76. The Hall–Kier alpha value is -0.640. The Morgan fingerprint density at radius 2 is 1.88 bits per heavy atom. The molecule has 0 heterocycles. The van der Waals surface area contributed by atoms with Crippen molar-refractivity contribution < 1.29 is 5.11 Å². The highest BCUT2D eigenvalue weighted by atomic mass is 35.5. The summed E-state index contributed by atoms with van der Waals surface area (Å²) in [7, 11) is 0. The van der Waals surface area contributed by atoms with Gasteiger partial charge in [-0.2, -0.15) is 0 Å². The van der Waals surface area contributed by atoms with Crippen LogP contribution in [0, 0.1) is 5.41 Å². The summed E-state index contributed by atoms with van der Waals surface area (Å²) in [6.45, 7) is 0.886. The van der Waals surface area contributed by atoms with Crippen molar-refractivity contribution in [3.8, 4) is 0 Å². The molecule has 88 valence electrons. The van der Waals surface area contributed by atoms with E-state index in [0.29, 0.717) is 28.0 Å². The van der Waals surface area contributed by atoms with E-state index < -0.39 is 0 Å². The lowest BCUT2D eigenvalue weighted by atomic mass is 10.1. The van der Waals surface area contributed by atoms with Gasteiger partial charge in [0.2, 0.25) is 0 Å². The second-order valence-corrected chi connectivity index (χ2v) is 5.19. The summed E-state index contributed by atoms with van der Waals surface area (Å²) in [5, 5.41) is 13.4. The number of aliphatic hydroxyl groups excluding tert-OH is 1. The van der Waals surface area contributed by atoms with Gasteiger partial charge in [-0.1, -0.05) is 23.2 Å². The topological polar surface area (TPSA) is 58.3 Å². The van der Waals surface area contributed by atoms with Crippen molar-refractivity contribution in [3.63, 3.8) is 0 Å². The molecule has 1 aromatic rings. The molecule has 1 aromatic carbocycles. The van der Waals surface area contributed by atoms with Crippen molar-refractivity contribution in [2.75, 3.05) is 24.2 Å². The van der Waals surface area contributed by atoms with Crippen molar-refractivity contribution in [1.29, 1.82) is 0 Å². The maximum absolute atomic E-state index is 9.19.